The first kappa shape index (κ1) is 13.7. The van der Waals surface area contributed by atoms with Crippen molar-refractivity contribution in [1.82, 2.24) is 0 Å². The quantitative estimate of drug-likeness (QED) is 0.486. The van der Waals surface area contributed by atoms with E-state index in [1.807, 2.05) is 6.26 Å². The molecule has 0 atom stereocenters. The van der Waals surface area contributed by atoms with Crippen molar-refractivity contribution in [2.75, 3.05) is 23.9 Å². The van der Waals surface area contributed by atoms with Gasteiger partial charge in [0.25, 0.3) is 5.69 Å². The molecule has 1 aromatic rings. The van der Waals surface area contributed by atoms with Crippen LogP contribution in [-0.2, 0) is 0 Å². The summed E-state index contributed by atoms with van der Waals surface area (Å²) >= 11 is 1.61. The monoisotopic (exact) mass is 262 g/mol. The molecule has 0 radical (unpaired) electrons. The summed E-state index contributed by atoms with van der Waals surface area (Å²) in [5.74, 6) is -1.45. The highest BCUT2D eigenvalue weighted by Gasteiger charge is 2.20. The molecule has 0 heterocycles. The molecule has 0 unspecified atom stereocenters. The second-order valence-electron chi connectivity index (χ2n) is 3.29. The number of nitrogens with zero attached hydrogens (tertiary/aromatic N) is 1. The average Bonchev–Trinajstić information content (AvgIpc) is 2.29. The lowest BCUT2D eigenvalue weighted by Gasteiger charge is -2.08. The first-order valence-corrected chi connectivity index (χ1v) is 6.32. The zero-order valence-electron chi connectivity index (χ0n) is 9.20. The molecule has 0 spiro atoms. The van der Waals surface area contributed by atoms with Crippen LogP contribution in [0.4, 0.5) is 20.2 Å². The minimum atomic E-state index is -1.21. The zero-order chi connectivity index (χ0) is 12.8. The van der Waals surface area contributed by atoms with E-state index in [2.05, 4.69) is 5.32 Å². The first-order valence-electron chi connectivity index (χ1n) is 4.93. The highest BCUT2D eigenvalue weighted by atomic mass is 32.2. The Morgan fingerprint density at radius 1 is 1.47 bits per heavy atom. The summed E-state index contributed by atoms with van der Waals surface area (Å²) in [6.07, 6.45) is 2.64. The number of thioether (sulfide) groups is 1. The van der Waals surface area contributed by atoms with E-state index in [-0.39, 0.29) is 5.69 Å². The number of nitrogens with one attached hydrogen (secondary N) is 1. The third-order valence-electron chi connectivity index (χ3n) is 2.10. The largest absolute Gasteiger partial charge is 0.377 e. The Labute approximate surface area is 102 Å². The van der Waals surface area contributed by atoms with Crippen molar-refractivity contribution in [3.05, 3.63) is 33.9 Å². The summed E-state index contributed by atoms with van der Waals surface area (Å²) in [6.45, 7) is 0.363. The van der Waals surface area contributed by atoms with Crippen LogP contribution in [0.2, 0.25) is 0 Å². The molecule has 0 saturated heterocycles. The molecule has 0 fully saturated rings. The number of halogens is 2. The highest BCUT2D eigenvalue weighted by molar-refractivity contribution is 7.98. The van der Waals surface area contributed by atoms with Gasteiger partial charge in [-0.2, -0.15) is 11.8 Å². The van der Waals surface area contributed by atoms with Gasteiger partial charge < -0.3 is 5.32 Å². The standard InChI is InChI=1S/C10H12F2N2O2S/c1-17-6-2-5-13-10-8(14(15)16)4-3-7(11)9(10)12/h3-4,13H,2,5-6H2,1H3. The van der Waals surface area contributed by atoms with Crippen molar-refractivity contribution in [3.63, 3.8) is 0 Å². The highest BCUT2D eigenvalue weighted by Crippen LogP contribution is 2.28. The number of benzene rings is 1. The van der Waals surface area contributed by atoms with Gasteiger partial charge in [-0.1, -0.05) is 0 Å². The van der Waals surface area contributed by atoms with E-state index in [0.29, 0.717) is 13.0 Å². The van der Waals surface area contributed by atoms with Gasteiger partial charge >= 0.3 is 0 Å². The summed E-state index contributed by atoms with van der Waals surface area (Å²) in [5.41, 5.74) is -0.829. The summed E-state index contributed by atoms with van der Waals surface area (Å²) in [5, 5.41) is 13.2. The fraction of sp³-hybridized carbons (Fsp3) is 0.400. The summed E-state index contributed by atoms with van der Waals surface area (Å²) in [7, 11) is 0. The van der Waals surface area contributed by atoms with Gasteiger partial charge in [0, 0.05) is 12.6 Å². The van der Waals surface area contributed by atoms with Crippen LogP contribution in [0.15, 0.2) is 12.1 Å². The topological polar surface area (TPSA) is 55.2 Å². The Bertz CT molecular complexity index is 416. The van der Waals surface area contributed by atoms with Crippen LogP contribution in [0.25, 0.3) is 0 Å². The predicted octanol–water partition coefficient (Wildman–Crippen LogP) is 3.04. The van der Waals surface area contributed by atoms with Gasteiger partial charge in [0.15, 0.2) is 17.3 Å². The van der Waals surface area contributed by atoms with Gasteiger partial charge in [0.1, 0.15) is 0 Å². The maximum absolute atomic E-state index is 13.4. The third-order valence-corrected chi connectivity index (χ3v) is 2.79. The van der Waals surface area contributed by atoms with E-state index in [1.54, 1.807) is 11.8 Å². The van der Waals surface area contributed by atoms with Gasteiger partial charge in [0.05, 0.1) is 4.92 Å². The van der Waals surface area contributed by atoms with Crippen LogP contribution in [0, 0.1) is 21.7 Å². The molecule has 0 saturated carbocycles. The lowest BCUT2D eigenvalue weighted by molar-refractivity contribution is -0.384. The molecule has 1 rings (SSSR count). The first-order chi connectivity index (χ1) is 8.07. The molecule has 1 aromatic carbocycles. The molecular formula is C10H12F2N2O2S. The van der Waals surface area contributed by atoms with E-state index in [4.69, 9.17) is 0 Å². The smallest absolute Gasteiger partial charge is 0.295 e. The fourth-order valence-electron chi connectivity index (χ4n) is 1.29. The maximum atomic E-state index is 13.4. The van der Waals surface area contributed by atoms with Crippen molar-refractivity contribution in [2.24, 2.45) is 0 Å². The van der Waals surface area contributed by atoms with Gasteiger partial charge in [-0.15, -0.1) is 0 Å². The molecule has 1 N–H and O–H groups in total. The van der Waals surface area contributed by atoms with Crippen LogP contribution >= 0.6 is 11.8 Å². The number of nitro benzene ring substituents is 1. The molecule has 0 amide bonds. The molecular weight excluding hydrogens is 250 g/mol. The van der Waals surface area contributed by atoms with Gasteiger partial charge in [-0.3, -0.25) is 10.1 Å². The Kier molecular flexibility index (Phi) is 5.14. The van der Waals surface area contributed by atoms with E-state index < -0.39 is 22.2 Å². The van der Waals surface area contributed by atoms with E-state index >= 15 is 0 Å². The average molecular weight is 262 g/mol. The Morgan fingerprint density at radius 2 is 2.18 bits per heavy atom. The molecule has 0 aliphatic carbocycles. The summed E-state index contributed by atoms with van der Waals surface area (Å²) < 4.78 is 26.3. The van der Waals surface area contributed by atoms with Crippen LogP contribution in [0.3, 0.4) is 0 Å². The molecule has 7 heteroatoms. The molecule has 0 bridgehead atoms. The number of nitro groups is 1. The molecule has 0 aliphatic heterocycles. The molecule has 0 aliphatic rings. The lowest BCUT2D eigenvalue weighted by atomic mass is 10.2. The maximum Gasteiger partial charge on any atom is 0.295 e. The number of hydrogen-bond donors (Lipinski definition) is 1. The van der Waals surface area contributed by atoms with Gasteiger partial charge in [0.2, 0.25) is 0 Å². The van der Waals surface area contributed by atoms with Crippen molar-refractivity contribution >= 4 is 23.1 Å². The fourth-order valence-corrected chi connectivity index (χ4v) is 1.72. The zero-order valence-corrected chi connectivity index (χ0v) is 10.0. The summed E-state index contributed by atoms with van der Waals surface area (Å²) in [6, 6.07) is 1.70. The normalized spacial score (nSPS) is 10.3. The third kappa shape index (κ3) is 3.55. The molecule has 17 heavy (non-hydrogen) atoms. The van der Waals surface area contributed by atoms with E-state index in [0.717, 1.165) is 17.9 Å². The van der Waals surface area contributed by atoms with Crippen molar-refractivity contribution in [1.29, 1.82) is 0 Å². The number of anilines is 1. The minimum absolute atomic E-state index is 0.363. The van der Waals surface area contributed by atoms with Crippen LogP contribution in [-0.4, -0.2) is 23.5 Å². The van der Waals surface area contributed by atoms with Crippen molar-refractivity contribution in [2.45, 2.75) is 6.42 Å². The second kappa shape index (κ2) is 6.39. The van der Waals surface area contributed by atoms with Crippen molar-refractivity contribution in [3.8, 4) is 0 Å². The van der Waals surface area contributed by atoms with E-state index in [9.17, 15) is 18.9 Å². The Balaban J connectivity index is 2.86. The second-order valence-corrected chi connectivity index (χ2v) is 4.27. The SMILES string of the molecule is CSCCCNc1c([N+](=O)[O-])ccc(F)c1F. The van der Waals surface area contributed by atoms with Crippen LogP contribution in [0.1, 0.15) is 6.42 Å². The van der Waals surface area contributed by atoms with E-state index in [1.165, 1.54) is 0 Å². The number of hydrogen-bond acceptors (Lipinski definition) is 4. The lowest BCUT2D eigenvalue weighted by Crippen LogP contribution is -2.08. The van der Waals surface area contributed by atoms with Crippen LogP contribution in [0.5, 0.6) is 0 Å². The minimum Gasteiger partial charge on any atom is -0.377 e. The molecule has 4 nitrogen and oxygen atoms in total. The Morgan fingerprint density at radius 3 is 2.76 bits per heavy atom. The summed E-state index contributed by atoms with van der Waals surface area (Å²) in [4.78, 5) is 9.91. The molecule has 0 aromatic heterocycles. The van der Waals surface area contributed by atoms with Crippen LogP contribution < -0.4 is 5.32 Å². The van der Waals surface area contributed by atoms with Gasteiger partial charge in [-0.25, -0.2) is 8.78 Å². The van der Waals surface area contributed by atoms with Gasteiger partial charge in [-0.05, 0) is 24.5 Å². The predicted molar refractivity (Wildman–Crippen MR) is 64.5 cm³/mol. The molecule has 94 valence electrons. The van der Waals surface area contributed by atoms with Crippen molar-refractivity contribution < 1.29 is 13.7 Å². The number of rotatable bonds is 6. The Hall–Kier alpha value is -1.37.